The van der Waals surface area contributed by atoms with E-state index in [2.05, 4.69) is 35.7 Å². The van der Waals surface area contributed by atoms with Gasteiger partial charge in [-0.2, -0.15) is 0 Å². The van der Waals surface area contributed by atoms with Crippen LogP contribution in [0.3, 0.4) is 0 Å². The van der Waals surface area contributed by atoms with Crippen molar-refractivity contribution in [1.82, 2.24) is 9.97 Å². The Bertz CT molecular complexity index is 1120. The topological polar surface area (TPSA) is 84.1 Å². The fourth-order valence-electron chi connectivity index (χ4n) is 4.36. The molecule has 7 heteroatoms. The largest absolute Gasteiger partial charge is 0.494 e. The zero-order chi connectivity index (χ0) is 22.2. The SMILES string of the molecule is C=CCSc1nc2c(c(=O)[nH]1)C(c1ccc(OCC)cc1)C1=C(CC(C)(C)CC1=O)N2. The number of benzene rings is 1. The number of hydrogen-bond donors (Lipinski definition) is 2. The highest BCUT2D eigenvalue weighted by molar-refractivity contribution is 7.99. The Kier molecular flexibility index (Phi) is 5.79. The lowest BCUT2D eigenvalue weighted by Gasteiger charge is -2.38. The summed E-state index contributed by atoms with van der Waals surface area (Å²) in [5.74, 6) is 1.55. The minimum atomic E-state index is -0.458. The summed E-state index contributed by atoms with van der Waals surface area (Å²) in [5, 5.41) is 3.87. The Morgan fingerprint density at radius 1 is 1.26 bits per heavy atom. The Morgan fingerprint density at radius 3 is 2.68 bits per heavy atom. The summed E-state index contributed by atoms with van der Waals surface area (Å²) in [6.07, 6.45) is 2.95. The van der Waals surface area contributed by atoms with Crippen molar-refractivity contribution in [3.8, 4) is 5.75 Å². The summed E-state index contributed by atoms with van der Waals surface area (Å²) < 4.78 is 5.57. The number of hydrogen-bond acceptors (Lipinski definition) is 6. The highest BCUT2D eigenvalue weighted by Gasteiger charge is 2.42. The molecule has 0 saturated heterocycles. The van der Waals surface area contributed by atoms with Crippen molar-refractivity contribution in [3.05, 3.63) is 69.7 Å². The number of ketones is 1. The van der Waals surface area contributed by atoms with Crippen LogP contribution < -0.4 is 15.6 Å². The summed E-state index contributed by atoms with van der Waals surface area (Å²) >= 11 is 1.42. The van der Waals surface area contributed by atoms with Crippen LogP contribution in [0.15, 0.2) is 58.1 Å². The van der Waals surface area contributed by atoms with Crippen molar-refractivity contribution in [3.63, 3.8) is 0 Å². The first kappa shape index (κ1) is 21.4. The zero-order valence-corrected chi connectivity index (χ0v) is 18.9. The first-order valence-corrected chi connectivity index (χ1v) is 11.5. The molecule has 4 rings (SSSR count). The van der Waals surface area contributed by atoms with E-state index in [1.807, 2.05) is 31.2 Å². The van der Waals surface area contributed by atoms with Crippen LogP contribution in [0.2, 0.25) is 0 Å². The van der Waals surface area contributed by atoms with Crippen LogP contribution in [-0.2, 0) is 4.79 Å². The molecule has 0 bridgehead atoms. The van der Waals surface area contributed by atoms with Gasteiger partial charge >= 0.3 is 0 Å². The molecule has 2 aromatic rings. The minimum Gasteiger partial charge on any atom is -0.494 e. The maximum Gasteiger partial charge on any atom is 0.257 e. The van der Waals surface area contributed by atoms with Gasteiger partial charge in [-0.05, 0) is 36.5 Å². The van der Waals surface area contributed by atoms with Gasteiger partial charge in [0.15, 0.2) is 10.9 Å². The molecule has 2 aliphatic rings. The van der Waals surface area contributed by atoms with E-state index in [0.717, 1.165) is 23.4 Å². The van der Waals surface area contributed by atoms with Gasteiger partial charge in [0.2, 0.25) is 0 Å². The molecule has 0 spiro atoms. The molecule has 1 aromatic heterocycles. The predicted molar refractivity (Wildman–Crippen MR) is 124 cm³/mol. The van der Waals surface area contributed by atoms with E-state index < -0.39 is 5.92 Å². The van der Waals surface area contributed by atoms with E-state index in [4.69, 9.17) is 4.74 Å². The van der Waals surface area contributed by atoms with Crippen molar-refractivity contribution in [2.45, 2.75) is 44.7 Å². The smallest absolute Gasteiger partial charge is 0.257 e. The van der Waals surface area contributed by atoms with Crippen molar-refractivity contribution >= 4 is 23.4 Å². The first-order valence-electron chi connectivity index (χ1n) is 10.5. The summed E-state index contributed by atoms with van der Waals surface area (Å²) in [6.45, 7) is 10.4. The summed E-state index contributed by atoms with van der Waals surface area (Å²) in [7, 11) is 0. The van der Waals surface area contributed by atoms with Crippen LogP contribution in [0.4, 0.5) is 5.82 Å². The van der Waals surface area contributed by atoms with Crippen LogP contribution in [0.25, 0.3) is 0 Å². The standard InChI is InChI=1S/C24H27N3O3S/c1-5-11-31-23-26-21-20(22(29)27-23)18(14-7-9-15(10-8-14)30-6-2)19-16(25-21)12-24(3,4)13-17(19)28/h5,7-10,18H,1,6,11-13H2,2-4H3,(H2,25,26,27,29). The Balaban J connectivity index is 1.87. The third-order valence-electron chi connectivity index (χ3n) is 5.56. The third kappa shape index (κ3) is 4.19. The lowest BCUT2D eigenvalue weighted by molar-refractivity contribution is -0.118. The first-order chi connectivity index (χ1) is 14.8. The maximum absolute atomic E-state index is 13.3. The molecule has 31 heavy (non-hydrogen) atoms. The molecule has 2 N–H and O–H groups in total. The number of H-pyrrole nitrogens is 1. The average molecular weight is 438 g/mol. The van der Waals surface area contributed by atoms with E-state index in [9.17, 15) is 9.59 Å². The molecule has 6 nitrogen and oxygen atoms in total. The van der Waals surface area contributed by atoms with Crippen LogP contribution in [0.1, 0.15) is 50.7 Å². The third-order valence-corrected chi connectivity index (χ3v) is 6.43. The molecule has 1 aliphatic carbocycles. The lowest BCUT2D eigenvalue weighted by Crippen LogP contribution is -2.37. The van der Waals surface area contributed by atoms with Crippen LogP contribution in [0.5, 0.6) is 5.75 Å². The molecule has 1 atom stereocenters. The summed E-state index contributed by atoms with van der Waals surface area (Å²) in [6, 6.07) is 7.63. The zero-order valence-electron chi connectivity index (χ0n) is 18.1. The number of allylic oxidation sites excluding steroid dienone is 2. The van der Waals surface area contributed by atoms with Crippen molar-refractivity contribution in [2.24, 2.45) is 5.41 Å². The van der Waals surface area contributed by atoms with Gasteiger partial charge in [-0.25, -0.2) is 4.98 Å². The van der Waals surface area contributed by atoms with Gasteiger partial charge in [0, 0.05) is 29.4 Å². The van der Waals surface area contributed by atoms with E-state index in [1.54, 1.807) is 6.08 Å². The van der Waals surface area contributed by atoms with Gasteiger partial charge in [0.1, 0.15) is 11.6 Å². The van der Waals surface area contributed by atoms with Crippen molar-refractivity contribution < 1.29 is 9.53 Å². The quantitative estimate of drug-likeness (QED) is 0.389. The highest BCUT2D eigenvalue weighted by Crippen LogP contribution is 2.47. The fraction of sp³-hybridized carbons (Fsp3) is 0.375. The molecule has 1 aliphatic heterocycles. The minimum absolute atomic E-state index is 0.0767. The lowest BCUT2D eigenvalue weighted by atomic mass is 9.69. The molecule has 0 radical (unpaired) electrons. The number of carbonyl (C=O) groups excluding carboxylic acids is 1. The van der Waals surface area contributed by atoms with E-state index in [-0.39, 0.29) is 16.8 Å². The summed E-state index contributed by atoms with van der Waals surface area (Å²) in [5.41, 5.74) is 2.53. The van der Waals surface area contributed by atoms with Crippen molar-refractivity contribution in [2.75, 3.05) is 17.7 Å². The summed E-state index contributed by atoms with van der Waals surface area (Å²) in [4.78, 5) is 34.0. The molecule has 1 unspecified atom stereocenters. The number of aromatic amines is 1. The number of Topliss-reactive ketones (excluding diaryl/α,β-unsaturated/α-hetero) is 1. The molecule has 0 fully saturated rings. The second-order valence-electron chi connectivity index (χ2n) is 8.63. The van der Waals surface area contributed by atoms with Gasteiger partial charge in [-0.15, -0.1) is 6.58 Å². The number of fused-ring (bicyclic) bond motifs is 1. The number of anilines is 1. The van der Waals surface area contributed by atoms with Crippen molar-refractivity contribution in [1.29, 1.82) is 0 Å². The molecule has 162 valence electrons. The predicted octanol–water partition coefficient (Wildman–Crippen LogP) is 4.65. The Morgan fingerprint density at radius 2 is 2.00 bits per heavy atom. The number of rotatable bonds is 6. The second-order valence-corrected chi connectivity index (χ2v) is 9.63. The molecular formula is C24H27N3O3S. The molecule has 1 aromatic carbocycles. The fourth-order valence-corrected chi connectivity index (χ4v) is 4.95. The van der Waals surface area contributed by atoms with Crippen LogP contribution in [0, 0.1) is 5.41 Å². The number of nitrogens with zero attached hydrogens (tertiary/aromatic N) is 1. The Labute approximate surface area is 186 Å². The normalized spacial score (nSPS) is 19.3. The molecule has 0 amide bonds. The number of thioether (sulfide) groups is 1. The number of ether oxygens (including phenoxy) is 1. The van der Waals surface area contributed by atoms with E-state index in [0.29, 0.717) is 40.9 Å². The highest BCUT2D eigenvalue weighted by atomic mass is 32.2. The molecular weight excluding hydrogens is 410 g/mol. The second kappa shape index (κ2) is 8.38. The van der Waals surface area contributed by atoms with Gasteiger partial charge in [0.25, 0.3) is 5.56 Å². The van der Waals surface area contributed by atoms with Crippen LogP contribution in [-0.4, -0.2) is 28.1 Å². The number of carbonyl (C=O) groups is 1. The maximum atomic E-state index is 13.3. The van der Waals surface area contributed by atoms with Gasteiger partial charge in [-0.1, -0.05) is 43.8 Å². The molecule has 0 saturated carbocycles. The number of nitrogens with one attached hydrogen (secondary N) is 2. The monoisotopic (exact) mass is 437 g/mol. The Hall–Kier alpha value is -2.80. The average Bonchev–Trinajstić information content (AvgIpc) is 2.70. The van der Waals surface area contributed by atoms with Crippen LogP contribution >= 0.6 is 11.8 Å². The van der Waals surface area contributed by atoms with Gasteiger partial charge in [0.05, 0.1) is 12.2 Å². The van der Waals surface area contributed by atoms with Gasteiger partial charge < -0.3 is 15.0 Å². The molecule has 2 heterocycles. The van der Waals surface area contributed by atoms with E-state index >= 15 is 0 Å². The van der Waals surface area contributed by atoms with Gasteiger partial charge in [-0.3, -0.25) is 9.59 Å². The van der Waals surface area contributed by atoms with E-state index in [1.165, 1.54) is 11.8 Å². The number of aromatic nitrogens is 2.